The Hall–Kier alpha value is -0.0800. The van der Waals surface area contributed by atoms with E-state index < -0.39 is 0 Å². The molecule has 0 aliphatic carbocycles. The molecule has 2 atom stereocenters. The van der Waals surface area contributed by atoms with Gasteiger partial charge in [0.1, 0.15) is 0 Å². The van der Waals surface area contributed by atoms with Crippen molar-refractivity contribution in [3.8, 4) is 0 Å². The van der Waals surface area contributed by atoms with Crippen molar-refractivity contribution in [3.63, 3.8) is 0 Å². The molecule has 0 radical (unpaired) electrons. The largest absolute Gasteiger partial charge is 0.391 e. The lowest BCUT2D eigenvalue weighted by molar-refractivity contribution is 0.0869. The number of rotatable bonds is 1. The van der Waals surface area contributed by atoms with Crippen molar-refractivity contribution in [2.75, 3.05) is 6.61 Å². The van der Waals surface area contributed by atoms with Gasteiger partial charge in [-0.25, -0.2) is 0 Å². The van der Waals surface area contributed by atoms with Crippen LogP contribution in [-0.4, -0.2) is 23.9 Å². The predicted molar refractivity (Wildman–Crippen MR) is 30.7 cm³/mol. The molecule has 1 aliphatic heterocycles. The second-order valence-corrected chi connectivity index (χ2v) is 2.25. The van der Waals surface area contributed by atoms with Gasteiger partial charge in [-0.2, -0.15) is 0 Å². The van der Waals surface area contributed by atoms with Crippen LogP contribution in [0, 0.1) is 0 Å². The zero-order chi connectivity index (χ0) is 5.98. The molecule has 1 aliphatic rings. The maximum Gasteiger partial charge on any atom is 0.0798 e. The van der Waals surface area contributed by atoms with Crippen LogP contribution in [0.4, 0.5) is 0 Å². The normalized spacial score (nSPS) is 38.2. The Morgan fingerprint density at radius 1 is 1.75 bits per heavy atom. The van der Waals surface area contributed by atoms with Crippen LogP contribution in [0.1, 0.15) is 19.8 Å². The first-order chi connectivity index (χ1) is 3.83. The summed E-state index contributed by atoms with van der Waals surface area (Å²) in [6.07, 6.45) is 1.98. The highest BCUT2D eigenvalue weighted by molar-refractivity contribution is 4.70. The molecule has 1 rings (SSSR count). The van der Waals surface area contributed by atoms with Gasteiger partial charge in [0.25, 0.3) is 0 Å². The number of hydrogen-bond acceptors (Lipinski definition) is 2. The van der Waals surface area contributed by atoms with Crippen LogP contribution >= 0.6 is 0 Å². The number of aliphatic hydroxyl groups is 1. The Kier molecular flexibility index (Phi) is 1.86. The monoisotopic (exact) mass is 116 g/mol. The zero-order valence-electron chi connectivity index (χ0n) is 5.13. The molecular weight excluding hydrogens is 104 g/mol. The maximum absolute atomic E-state index is 8.91. The maximum atomic E-state index is 8.91. The van der Waals surface area contributed by atoms with E-state index in [1.165, 1.54) is 0 Å². The van der Waals surface area contributed by atoms with E-state index in [4.69, 9.17) is 9.84 Å². The highest BCUT2D eigenvalue weighted by Gasteiger charge is 2.20. The van der Waals surface area contributed by atoms with Crippen molar-refractivity contribution in [1.82, 2.24) is 0 Å². The second-order valence-electron chi connectivity index (χ2n) is 2.25. The highest BCUT2D eigenvalue weighted by Crippen LogP contribution is 2.14. The fourth-order valence-corrected chi connectivity index (χ4v) is 0.971. The van der Waals surface area contributed by atoms with Gasteiger partial charge in [-0.1, -0.05) is 6.92 Å². The fraction of sp³-hybridized carbons (Fsp3) is 1.00. The molecule has 2 nitrogen and oxygen atoms in total. The second kappa shape index (κ2) is 2.46. The summed E-state index contributed by atoms with van der Waals surface area (Å²) in [5, 5.41) is 8.91. The lowest BCUT2D eigenvalue weighted by Gasteiger charge is -2.01. The van der Waals surface area contributed by atoms with Crippen molar-refractivity contribution >= 4 is 0 Å². The van der Waals surface area contributed by atoms with Gasteiger partial charge in [0.15, 0.2) is 0 Å². The van der Waals surface area contributed by atoms with E-state index >= 15 is 0 Å². The van der Waals surface area contributed by atoms with Gasteiger partial charge < -0.3 is 9.84 Å². The Bertz CT molecular complexity index is 72.9. The molecule has 0 bridgehead atoms. The predicted octanol–water partition coefficient (Wildman–Crippen LogP) is 0.546. The third kappa shape index (κ3) is 1.20. The Morgan fingerprint density at radius 3 is 2.75 bits per heavy atom. The van der Waals surface area contributed by atoms with Gasteiger partial charge in [0.05, 0.1) is 18.8 Å². The van der Waals surface area contributed by atoms with E-state index in [0.717, 1.165) is 12.8 Å². The number of ether oxygens (including phenoxy) is 1. The van der Waals surface area contributed by atoms with Crippen LogP contribution in [0.15, 0.2) is 0 Å². The summed E-state index contributed by atoms with van der Waals surface area (Å²) in [6.45, 7) is 2.61. The highest BCUT2D eigenvalue weighted by atomic mass is 16.5. The first kappa shape index (κ1) is 6.05. The zero-order valence-corrected chi connectivity index (χ0v) is 5.13. The molecule has 8 heavy (non-hydrogen) atoms. The molecule has 0 amide bonds. The summed E-state index contributed by atoms with van der Waals surface area (Å²) in [4.78, 5) is 0. The molecule has 2 heteroatoms. The van der Waals surface area contributed by atoms with Crippen LogP contribution in [0.2, 0.25) is 0 Å². The van der Waals surface area contributed by atoms with Gasteiger partial charge >= 0.3 is 0 Å². The minimum Gasteiger partial charge on any atom is -0.391 e. The summed E-state index contributed by atoms with van der Waals surface area (Å²) in [7, 11) is 0. The Morgan fingerprint density at radius 2 is 2.50 bits per heavy atom. The topological polar surface area (TPSA) is 29.5 Å². The number of hydrogen-bond donors (Lipinski definition) is 1. The SMILES string of the molecule is CCC1CC(O)CO1. The molecule has 0 aromatic heterocycles. The third-order valence-corrected chi connectivity index (χ3v) is 1.51. The lowest BCUT2D eigenvalue weighted by Crippen LogP contribution is -2.04. The van der Waals surface area contributed by atoms with Crippen LogP contribution in [0.25, 0.3) is 0 Å². The Balaban J connectivity index is 2.22. The average Bonchev–Trinajstić information content (AvgIpc) is 2.14. The molecule has 1 N–H and O–H groups in total. The van der Waals surface area contributed by atoms with Gasteiger partial charge in [0, 0.05) is 6.42 Å². The minimum atomic E-state index is -0.194. The first-order valence-corrected chi connectivity index (χ1v) is 3.12. The average molecular weight is 116 g/mol. The van der Waals surface area contributed by atoms with Gasteiger partial charge in [-0.05, 0) is 6.42 Å². The quantitative estimate of drug-likeness (QED) is 0.542. The van der Waals surface area contributed by atoms with Crippen LogP contribution in [0.5, 0.6) is 0 Å². The molecule has 0 spiro atoms. The smallest absolute Gasteiger partial charge is 0.0798 e. The fourth-order valence-electron chi connectivity index (χ4n) is 0.971. The molecular formula is C6H12O2. The van der Waals surface area contributed by atoms with Crippen LogP contribution in [0.3, 0.4) is 0 Å². The summed E-state index contributed by atoms with van der Waals surface area (Å²) < 4.78 is 5.16. The molecule has 1 fully saturated rings. The van der Waals surface area contributed by atoms with E-state index in [2.05, 4.69) is 6.92 Å². The van der Waals surface area contributed by atoms with Crippen LogP contribution < -0.4 is 0 Å². The Labute approximate surface area is 49.5 Å². The molecule has 0 aromatic rings. The van der Waals surface area contributed by atoms with Gasteiger partial charge in [0.2, 0.25) is 0 Å². The van der Waals surface area contributed by atoms with Crippen LogP contribution in [-0.2, 0) is 4.74 Å². The number of aliphatic hydroxyl groups excluding tert-OH is 1. The summed E-state index contributed by atoms with van der Waals surface area (Å²) >= 11 is 0. The third-order valence-electron chi connectivity index (χ3n) is 1.51. The molecule has 48 valence electrons. The van der Waals surface area contributed by atoms with Crippen molar-refractivity contribution in [2.45, 2.75) is 32.0 Å². The van der Waals surface area contributed by atoms with Gasteiger partial charge in [-0.3, -0.25) is 0 Å². The van der Waals surface area contributed by atoms with E-state index in [0.29, 0.717) is 12.7 Å². The van der Waals surface area contributed by atoms with Crippen molar-refractivity contribution in [3.05, 3.63) is 0 Å². The molecule has 1 heterocycles. The summed E-state index contributed by atoms with van der Waals surface area (Å²) in [5.41, 5.74) is 0. The van der Waals surface area contributed by atoms with Crippen molar-refractivity contribution in [1.29, 1.82) is 0 Å². The lowest BCUT2D eigenvalue weighted by atomic mass is 10.2. The van der Waals surface area contributed by atoms with Gasteiger partial charge in [-0.15, -0.1) is 0 Å². The molecule has 1 saturated heterocycles. The van der Waals surface area contributed by atoms with E-state index in [1.54, 1.807) is 0 Å². The van der Waals surface area contributed by atoms with E-state index in [9.17, 15) is 0 Å². The van der Waals surface area contributed by atoms with Crippen molar-refractivity contribution in [2.24, 2.45) is 0 Å². The minimum absolute atomic E-state index is 0.194. The molecule has 2 unspecified atom stereocenters. The standard InChI is InChI=1S/C6H12O2/c1-2-6-3-5(7)4-8-6/h5-7H,2-4H2,1H3. The van der Waals surface area contributed by atoms with E-state index in [-0.39, 0.29) is 6.10 Å². The van der Waals surface area contributed by atoms with Crippen molar-refractivity contribution < 1.29 is 9.84 Å². The van der Waals surface area contributed by atoms with E-state index in [1.807, 2.05) is 0 Å². The molecule has 0 aromatic carbocycles. The summed E-state index contributed by atoms with van der Waals surface area (Å²) in [5.74, 6) is 0. The molecule has 0 saturated carbocycles. The summed E-state index contributed by atoms with van der Waals surface area (Å²) in [6, 6.07) is 0. The first-order valence-electron chi connectivity index (χ1n) is 3.12.